The lowest BCUT2D eigenvalue weighted by Crippen LogP contribution is -1.93. The van der Waals surface area contributed by atoms with Crippen LogP contribution in [0.1, 0.15) is 0 Å². The third kappa shape index (κ3) is 2.67. The molecule has 0 atom stereocenters. The first-order valence-electron chi connectivity index (χ1n) is 7.55. The van der Waals surface area contributed by atoms with Gasteiger partial charge in [0.05, 0.1) is 31.7 Å². The van der Waals surface area contributed by atoms with Gasteiger partial charge in [-0.05, 0) is 30.2 Å². The van der Waals surface area contributed by atoms with E-state index in [-0.39, 0.29) is 5.82 Å². The van der Waals surface area contributed by atoms with Crippen LogP contribution in [0.25, 0.3) is 32.2 Å². The van der Waals surface area contributed by atoms with E-state index >= 15 is 4.39 Å². The second-order valence-electron chi connectivity index (χ2n) is 5.38. The lowest BCUT2D eigenvalue weighted by atomic mass is 10.0. The highest BCUT2D eigenvalue weighted by Gasteiger charge is 2.21. The number of amides is 1. The van der Waals surface area contributed by atoms with Crippen molar-refractivity contribution in [1.82, 2.24) is 15.2 Å². The number of nitrogens with one attached hydrogen (secondary N) is 2. The van der Waals surface area contributed by atoms with Gasteiger partial charge in [0, 0.05) is 10.9 Å². The maximum Gasteiger partial charge on any atom is 0.213 e. The third-order valence-electron chi connectivity index (χ3n) is 4.03. The summed E-state index contributed by atoms with van der Waals surface area (Å²) in [6.07, 6.45) is 6.07. The summed E-state index contributed by atoms with van der Waals surface area (Å²) < 4.78 is 16.0. The second-order valence-corrected chi connectivity index (χ2v) is 8.04. The predicted octanol–water partition coefficient (Wildman–Crippen LogP) is 4.99. The minimum Gasteiger partial charge on any atom is -0.305 e. The molecule has 132 valence electrons. The normalized spacial score (nSPS) is 11.3. The van der Waals surface area contributed by atoms with Gasteiger partial charge in [-0.1, -0.05) is 17.4 Å². The van der Waals surface area contributed by atoms with Gasteiger partial charge in [-0.15, -0.1) is 23.5 Å². The van der Waals surface area contributed by atoms with E-state index in [1.807, 2.05) is 30.7 Å². The highest BCUT2D eigenvalue weighted by Crippen LogP contribution is 2.44. The summed E-state index contributed by atoms with van der Waals surface area (Å²) in [5, 5.41) is 11.0. The van der Waals surface area contributed by atoms with Crippen LogP contribution in [0.2, 0.25) is 0 Å². The number of carbonyl (C=O) groups is 1. The monoisotopic (exact) mass is 404 g/mol. The number of hydrogen-bond acceptors (Lipinski definition) is 6. The van der Waals surface area contributed by atoms with Gasteiger partial charge in [0.15, 0.2) is 10.9 Å². The zero-order valence-electron chi connectivity index (χ0n) is 13.8. The van der Waals surface area contributed by atoms with Crippen molar-refractivity contribution in [3.05, 3.63) is 30.2 Å². The number of rotatable bonds is 5. The lowest BCUT2D eigenvalue weighted by molar-refractivity contribution is -0.105. The van der Waals surface area contributed by atoms with E-state index < -0.39 is 0 Å². The molecule has 0 aliphatic heterocycles. The molecule has 0 aliphatic carbocycles. The maximum absolute atomic E-state index is 15.1. The molecule has 0 fully saturated rings. The molecule has 2 aromatic heterocycles. The molecular formula is C17H13FN4OS3. The Kier molecular flexibility index (Phi) is 4.60. The standard InChI is InChI=1S/C17H13FN4OS3/c1-24-15-12(9-6-20-22-14(9)16(25-2)13(15)18)8-3-4-10-11(5-8)26-17(21-10)19-7-23/h3-7H,1-2H3,(H,20,22)(H,19,21,23). The fourth-order valence-electron chi connectivity index (χ4n) is 2.96. The zero-order chi connectivity index (χ0) is 18.3. The van der Waals surface area contributed by atoms with Crippen molar-refractivity contribution in [2.24, 2.45) is 0 Å². The Morgan fingerprint density at radius 2 is 2.08 bits per heavy atom. The van der Waals surface area contributed by atoms with E-state index in [0.717, 1.165) is 26.7 Å². The molecule has 2 heterocycles. The number of aromatic nitrogens is 3. The minimum atomic E-state index is -0.232. The number of hydrogen-bond donors (Lipinski definition) is 2. The molecule has 0 saturated heterocycles. The fraction of sp³-hybridized carbons (Fsp3) is 0.118. The second kappa shape index (κ2) is 6.90. The van der Waals surface area contributed by atoms with Crippen molar-refractivity contribution in [1.29, 1.82) is 0 Å². The highest BCUT2D eigenvalue weighted by molar-refractivity contribution is 7.99. The molecule has 0 unspecified atom stereocenters. The molecule has 4 rings (SSSR count). The van der Waals surface area contributed by atoms with Gasteiger partial charge in [0.1, 0.15) is 0 Å². The van der Waals surface area contributed by atoms with Crippen molar-refractivity contribution < 1.29 is 9.18 Å². The van der Waals surface area contributed by atoms with E-state index in [1.54, 1.807) is 6.20 Å². The van der Waals surface area contributed by atoms with Crippen LogP contribution in [0.3, 0.4) is 0 Å². The Bertz CT molecular complexity index is 1140. The Balaban J connectivity index is 2.00. The van der Waals surface area contributed by atoms with E-state index in [2.05, 4.69) is 20.5 Å². The number of fused-ring (bicyclic) bond motifs is 2. The maximum atomic E-state index is 15.1. The molecule has 0 saturated carbocycles. The topological polar surface area (TPSA) is 70.7 Å². The number of halogens is 1. The number of aromatic amines is 1. The Morgan fingerprint density at radius 3 is 2.81 bits per heavy atom. The molecule has 26 heavy (non-hydrogen) atoms. The van der Waals surface area contributed by atoms with Crippen LogP contribution in [0.5, 0.6) is 0 Å². The summed E-state index contributed by atoms with van der Waals surface area (Å²) in [7, 11) is 0. The van der Waals surface area contributed by atoms with E-state index in [9.17, 15) is 4.79 Å². The van der Waals surface area contributed by atoms with Crippen LogP contribution in [-0.4, -0.2) is 34.1 Å². The number of nitrogens with zero attached hydrogens (tertiary/aromatic N) is 2. The average Bonchev–Trinajstić information content (AvgIpc) is 3.26. The largest absolute Gasteiger partial charge is 0.305 e. The first-order chi connectivity index (χ1) is 12.7. The Morgan fingerprint density at radius 1 is 1.27 bits per heavy atom. The molecular weight excluding hydrogens is 391 g/mol. The number of benzene rings is 2. The van der Waals surface area contributed by atoms with Crippen LogP contribution in [-0.2, 0) is 4.79 Å². The summed E-state index contributed by atoms with van der Waals surface area (Å²) in [4.78, 5) is 16.2. The summed E-state index contributed by atoms with van der Waals surface area (Å²) in [5.74, 6) is -0.232. The van der Waals surface area contributed by atoms with Gasteiger partial charge in [0.2, 0.25) is 6.41 Å². The van der Waals surface area contributed by atoms with Crippen molar-refractivity contribution >= 4 is 67.5 Å². The summed E-state index contributed by atoms with van der Waals surface area (Å²) in [5.41, 5.74) is 3.20. The summed E-state index contributed by atoms with van der Waals surface area (Å²) in [6, 6.07) is 5.78. The van der Waals surface area contributed by atoms with Gasteiger partial charge in [-0.2, -0.15) is 5.10 Å². The number of carbonyl (C=O) groups excluding carboxylic acids is 1. The molecule has 0 spiro atoms. The van der Waals surface area contributed by atoms with Gasteiger partial charge >= 0.3 is 0 Å². The van der Waals surface area contributed by atoms with E-state index in [0.29, 0.717) is 26.8 Å². The van der Waals surface area contributed by atoms with Crippen molar-refractivity contribution in [3.8, 4) is 11.1 Å². The van der Waals surface area contributed by atoms with Crippen LogP contribution in [0.4, 0.5) is 9.52 Å². The quantitative estimate of drug-likeness (QED) is 0.362. The molecule has 2 aromatic carbocycles. The number of anilines is 1. The molecule has 1 amide bonds. The SMILES string of the molecule is CSc1c(F)c(SC)c2[nH]ncc2c1-c1ccc2nc(NC=O)sc2c1. The molecule has 0 aliphatic rings. The highest BCUT2D eigenvalue weighted by atomic mass is 32.2. The number of H-pyrrole nitrogens is 1. The van der Waals surface area contributed by atoms with Crippen LogP contribution in [0, 0.1) is 5.82 Å². The van der Waals surface area contributed by atoms with Gasteiger partial charge in [-0.25, -0.2) is 9.37 Å². The smallest absolute Gasteiger partial charge is 0.213 e. The van der Waals surface area contributed by atoms with Crippen LogP contribution in [0.15, 0.2) is 34.2 Å². The van der Waals surface area contributed by atoms with E-state index in [1.165, 1.54) is 34.9 Å². The van der Waals surface area contributed by atoms with Crippen LogP contribution < -0.4 is 5.32 Å². The lowest BCUT2D eigenvalue weighted by Gasteiger charge is -2.13. The summed E-state index contributed by atoms with van der Waals surface area (Å²) >= 11 is 4.13. The number of thioether (sulfide) groups is 2. The molecule has 2 N–H and O–H groups in total. The molecule has 4 aromatic rings. The molecule has 0 radical (unpaired) electrons. The van der Waals surface area contributed by atoms with Crippen LogP contribution >= 0.6 is 34.9 Å². The third-order valence-corrected chi connectivity index (χ3v) is 6.56. The molecule has 9 heteroatoms. The first kappa shape index (κ1) is 17.3. The summed E-state index contributed by atoms with van der Waals surface area (Å²) in [6.45, 7) is 0. The molecule has 5 nitrogen and oxygen atoms in total. The predicted molar refractivity (Wildman–Crippen MR) is 108 cm³/mol. The van der Waals surface area contributed by atoms with Gasteiger partial charge in [-0.3, -0.25) is 9.89 Å². The average molecular weight is 405 g/mol. The fourth-order valence-corrected chi connectivity index (χ4v) is 5.24. The van der Waals surface area contributed by atoms with Crippen molar-refractivity contribution in [2.75, 3.05) is 17.8 Å². The van der Waals surface area contributed by atoms with Gasteiger partial charge in [0.25, 0.3) is 0 Å². The van der Waals surface area contributed by atoms with Gasteiger partial charge < -0.3 is 5.32 Å². The van der Waals surface area contributed by atoms with E-state index in [4.69, 9.17) is 0 Å². The first-order valence-corrected chi connectivity index (χ1v) is 10.8. The number of thiazole rings is 1. The van der Waals surface area contributed by atoms with Crippen molar-refractivity contribution in [3.63, 3.8) is 0 Å². The Hall–Kier alpha value is -2.10. The minimum absolute atomic E-state index is 0.232. The molecule has 0 bridgehead atoms. The zero-order valence-corrected chi connectivity index (χ0v) is 16.2. The Labute approximate surface area is 160 Å². The van der Waals surface area contributed by atoms with Crippen molar-refractivity contribution in [2.45, 2.75) is 9.79 Å².